The minimum atomic E-state index is 0.0427. The van der Waals surface area contributed by atoms with E-state index >= 15 is 0 Å². The summed E-state index contributed by atoms with van der Waals surface area (Å²) in [6, 6.07) is 7.58. The Kier molecular flexibility index (Phi) is 4.36. The fourth-order valence-corrected chi connectivity index (χ4v) is 1.71. The minimum absolute atomic E-state index is 0.0427. The number of benzene rings is 1. The zero-order chi connectivity index (χ0) is 13.0. The molecule has 0 saturated carbocycles. The molecule has 6 heteroatoms. The van der Waals surface area contributed by atoms with Crippen LogP contribution >= 0.6 is 23.2 Å². The number of aromatic nitrogens is 2. The van der Waals surface area contributed by atoms with Gasteiger partial charge in [-0.25, -0.2) is 4.98 Å². The maximum Gasteiger partial charge on any atom is 0.224 e. The third-order valence-electron chi connectivity index (χ3n) is 2.38. The van der Waals surface area contributed by atoms with E-state index in [0.29, 0.717) is 17.4 Å². The van der Waals surface area contributed by atoms with Crippen molar-refractivity contribution in [2.45, 2.75) is 13.2 Å². The molecule has 94 valence electrons. The third-order valence-corrected chi connectivity index (χ3v) is 2.84. The molecule has 2 aromatic rings. The van der Waals surface area contributed by atoms with Crippen LogP contribution < -0.4 is 5.32 Å². The molecule has 1 aromatic carbocycles. The third kappa shape index (κ3) is 3.32. The molecular formula is C12H11Cl2N3O. The molecular weight excluding hydrogens is 273 g/mol. The van der Waals surface area contributed by atoms with Crippen molar-refractivity contribution in [2.24, 2.45) is 0 Å². The number of nitrogens with one attached hydrogen (secondary N) is 1. The summed E-state index contributed by atoms with van der Waals surface area (Å²) in [5.41, 5.74) is 1.93. The molecule has 1 aromatic heterocycles. The molecule has 0 atom stereocenters. The molecule has 0 radical (unpaired) electrons. The van der Waals surface area contributed by atoms with Crippen molar-refractivity contribution >= 4 is 29.0 Å². The van der Waals surface area contributed by atoms with Crippen LogP contribution in [0, 0.1) is 0 Å². The lowest BCUT2D eigenvalue weighted by Gasteiger charge is -2.07. The maximum absolute atomic E-state index is 8.94. The van der Waals surface area contributed by atoms with Crippen molar-refractivity contribution in [3.63, 3.8) is 0 Å². The summed E-state index contributed by atoms with van der Waals surface area (Å²) >= 11 is 11.6. The summed E-state index contributed by atoms with van der Waals surface area (Å²) in [5.74, 6) is 0.503. The fourth-order valence-electron chi connectivity index (χ4n) is 1.42. The lowest BCUT2D eigenvalue weighted by Crippen LogP contribution is -2.03. The van der Waals surface area contributed by atoms with Gasteiger partial charge in [0.15, 0.2) is 0 Å². The summed E-state index contributed by atoms with van der Waals surface area (Å²) in [7, 11) is 0. The average molecular weight is 284 g/mol. The monoisotopic (exact) mass is 283 g/mol. The van der Waals surface area contributed by atoms with E-state index in [9.17, 15) is 0 Å². The van der Waals surface area contributed by atoms with Crippen molar-refractivity contribution in [1.82, 2.24) is 9.97 Å². The van der Waals surface area contributed by atoms with Crippen molar-refractivity contribution in [3.05, 3.63) is 51.9 Å². The van der Waals surface area contributed by atoms with E-state index in [1.54, 1.807) is 0 Å². The van der Waals surface area contributed by atoms with Crippen molar-refractivity contribution in [3.8, 4) is 0 Å². The molecule has 0 bridgehead atoms. The summed E-state index contributed by atoms with van der Waals surface area (Å²) in [6.45, 7) is 0.611. The SMILES string of the molecule is OCc1ccc(CNc2nc(Cl)ncc2Cl)cc1. The predicted molar refractivity (Wildman–Crippen MR) is 71.7 cm³/mol. The number of nitrogens with zero attached hydrogens (tertiary/aromatic N) is 2. The van der Waals surface area contributed by atoms with E-state index in [2.05, 4.69) is 15.3 Å². The van der Waals surface area contributed by atoms with Gasteiger partial charge in [-0.2, -0.15) is 4.98 Å². The van der Waals surface area contributed by atoms with E-state index in [1.807, 2.05) is 24.3 Å². The topological polar surface area (TPSA) is 58.0 Å². The normalized spacial score (nSPS) is 10.4. The van der Waals surface area contributed by atoms with Gasteiger partial charge < -0.3 is 10.4 Å². The van der Waals surface area contributed by atoms with Crippen LogP contribution in [0.2, 0.25) is 10.3 Å². The second-order valence-corrected chi connectivity index (χ2v) is 4.41. The second-order valence-electron chi connectivity index (χ2n) is 3.66. The van der Waals surface area contributed by atoms with Crippen LogP contribution in [0.5, 0.6) is 0 Å². The van der Waals surface area contributed by atoms with Crippen LogP contribution in [0.1, 0.15) is 11.1 Å². The Morgan fingerprint density at radius 1 is 1.11 bits per heavy atom. The Labute approximate surface area is 115 Å². The first-order valence-electron chi connectivity index (χ1n) is 5.29. The van der Waals surface area contributed by atoms with Gasteiger partial charge in [-0.1, -0.05) is 35.9 Å². The summed E-state index contributed by atoms with van der Waals surface area (Å²) in [4.78, 5) is 7.76. The Hall–Kier alpha value is -1.36. The van der Waals surface area contributed by atoms with E-state index < -0.39 is 0 Å². The van der Waals surface area contributed by atoms with Crippen LogP contribution in [0.25, 0.3) is 0 Å². The molecule has 0 spiro atoms. The van der Waals surface area contributed by atoms with Gasteiger partial charge in [0, 0.05) is 6.54 Å². The van der Waals surface area contributed by atoms with E-state index in [-0.39, 0.29) is 11.9 Å². The summed E-state index contributed by atoms with van der Waals surface area (Å²) in [6.07, 6.45) is 1.45. The number of rotatable bonds is 4. The number of hydrogen-bond donors (Lipinski definition) is 2. The van der Waals surface area contributed by atoms with E-state index in [1.165, 1.54) is 6.20 Å². The molecule has 0 fully saturated rings. The zero-order valence-electron chi connectivity index (χ0n) is 9.40. The molecule has 0 unspecified atom stereocenters. The first kappa shape index (κ1) is 13.1. The van der Waals surface area contributed by atoms with Gasteiger partial charge in [-0.05, 0) is 22.7 Å². The summed E-state index contributed by atoms with van der Waals surface area (Å²) in [5, 5.41) is 12.6. The quantitative estimate of drug-likeness (QED) is 0.848. The molecule has 4 nitrogen and oxygen atoms in total. The van der Waals surface area contributed by atoms with E-state index in [4.69, 9.17) is 28.3 Å². The van der Waals surface area contributed by atoms with Gasteiger partial charge in [-0.3, -0.25) is 0 Å². The molecule has 2 rings (SSSR count). The van der Waals surface area contributed by atoms with Gasteiger partial charge in [-0.15, -0.1) is 0 Å². The Bertz CT molecular complexity index is 531. The molecule has 0 amide bonds. The van der Waals surface area contributed by atoms with Crippen molar-refractivity contribution < 1.29 is 5.11 Å². The van der Waals surface area contributed by atoms with Crippen LogP contribution in [-0.4, -0.2) is 15.1 Å². The van der Waals surface area contributed by atoms with Gasteiger partial charge >= 0.3 is 0 Å². The van der Waals surface area contributed by atoms with Crippen LogP contribution in [0.4, 0.5) is 5.82 Å². The predicted octanol–water partition coefficient (Wildman–Crippen LogP) is 2.89. The van der Waals surface area contributed by atoms with E-state index in [0.717, 1.165) is 11.1 Å². The van der Waals surface area contributed by atoms with Crippen molar-refractivity contribution in [2.75, 3.05) is 5.32 Å². The second kappa shape index (κ2) is 6.00. The van der Waals surface area contributed by atoms with Crippen LogP contribution in [0.3, 0.4) is 0 Å². The highest BCUT2D eigenvalue weighted by molar-refractivity contribution is 6.33. The lowest BCUT2D eigenvalue weighted by molar-refractivity contribution is 0.282. The Morgan fingerprint density at radius 3 is 2.44 bits per heavy atom. The molecule has 18 heavy (non-hydrogen) atoms. The number of aliphatic hydroxyl groups excluding tert-OH is 1. The highest BCUT2D eigenvalue weighted by atomic mass is 35.5. The first-order valence-corrected chi connectivity index (χ1v) is 6.05. The van der Waals surface area contributed by atoms with Crippen LogP contribution in [0.15, 0.2) is 30.5 Å². The smallest absolute Gasteiger partial charge is 0.224 e. The Morgan fingerprint density at radius 2 is 1.78 bits per heavy atom. The summed E-state index contributed by atoms with van der Waals surface area (Å²) < 4.78 is 0. The number of anilines is 1. The molecule has 1 heterocycles. The van der Waals surface area contributed by atoms with Gasteiger partial charge in [0.1, 0.15) is 10.8 Å². The zero-order valence-corrected chi connectivity index (χ0v) is 10.9. The lowest BCUT2D eigenvalue weighted by atomic mass is 10.1. The number of aliphatic hydroxyl groups is 1. The van der Waals surface area contributed by atoms with Gasteiger partial charge in [0.05, 0.1) is 12.8 Å². The molecule has 0 aliphatic rings. The van der Waals surface area contributed by atoms with Crippen molar-refractivity contribution in [1.29, 1.82) is 0 Å². The molecule has 0 aliphatic carbocycles. The van der Waals surface area contributed by atoms with Gasteiger partial charge in [0.25, 0.3) is 0 Å². The Balaban J connectivity index is 2.04. The fraction of sp³-hybridized carbons (Fsp3) is 0.167. The number of hydrogen-bond acceptors (Lipinski definition) is 4. The minimum Gasteiger partial charge on any atom is -0.392 e. The number of halogens is 2. The standard InChI is InChI=1S/C12H11Cl2N3O/c13-10-6-16-12(14)17-11(10)15-5-8-1-3-9(7-18)4-2-8/h1-4,6,18H,5,7H2,(H,15,16,17). The highest BCUT2D eigenvalue weighted by Crippen LogP contribution is 2.20. The maximum atomic E-state index is 8.94. The molecule has 2 N–H and O–H groups in total. The van der Waals surface area contributed by atoms with Gasteiger partial charge in [0.2, 0.25) is 5.28 Å². The molecule has 0 saturated heterocycles. The average Bonchev–Trinajstić information content (AvgIpc) is 2.40. The highest BCUT2D eigenvalue weighted by Gasteiger charge is 2.03. The molecule has 0 aliphatic heterocycles. The first-order chi connectivity index (χ1) is 8.69. The largest absolute Gasteiger partial charge is 0.392 e. The van der Waals surface area contributed by atoms with Crippen LogP contribution in [-0.2, 0) is 13.2 Å².